The first kappa shape index (κ1) is 14.5. The SMILES string of the molecule is Cc1ccc(CN(C)CCC(=O)c2ccc(F)cc2)o1. The lowest BCUT2D eigenvalue weighted by atomic mass is 10.1. The molecule has 1 aromatic carbocycles. The van der Waals surface area contributed by atoms with E-state index in [2.05, 4.69) is 0 Å². The first-order valence-electron chi connectivity index (χ1n) is 6.57. The molecule has 20 heavy (non-hydrogen) atoms. The predicted molar refractivity (Wildman–Crippen MR) is 75.1 cm³/mol. The smallest absolute Gasteiger partial charge is 0.164 e. The highest BCUT2D eigenvalue weighted by Gasteiger charge is 2.09. The van der Waals surface area contributed by atoms with Crippen molar-refractivity contribution in [2.75, 3.05) is 13.6 Å². The summed E-state index contributed by atoms with van der Waals surface area (Å²) < 4.78 is 18.3. The molecule has 3 nitrogen and oxygen atoms in total. The molecule has 0 unspecified atom stereocenters. The highest BCUT2D eigenvalue weighted by atomic mass is 19.1. The Hall–Kier alpha value is -1.94. The molecule has 0 saturated heterocycles. The number of furan rings is 1. The number of halogens is 1. The summed E-state index contributed by atoms with van der Waals surface area (Å²) in [6, 6.07) is 9.52. The lowest BCUT2D eigenvalue weighted by Gasteiger charge is -2.14. The van der Waals surface area contributed by atoms with Crippen LogP contribution in [0.5, 0.6) is 0 Å². The molecule has 0 atom stereocenters. The summed E-state index contributed by atoms with van der Waals surface area (Å²) in [6.45, 7) is 3.21. The molecule has 0 aliphatic carbocycles. The number of ketones is 1. The highest BCUT2D eigenvalue weighted by Crippen LogP contribution is 2.10. The third-order valence-corrected chi connectivity index (χ3v) is 3.11. The number of Topliss-reactive ketones (excluding diaryl/α,β-unsaturated/α-hetero) is 1. The standard InChI is InChI=1S/C16H18FNO2/c1-12-3-8-15(20-12)11-18(2)10-9-16(19)13-4-6-14(17)7-5-13/h3-8H,9-11H2,1-2H3. The Morgan fingerprint density at radius 3 is 2.50 bits per heavy atom. The fourth-order valence-corrected chi connectivity index (χ4v) is 1.99. The summed E-state index contributed by atoms with van der Waals surface area (Å²) in [5.41, 5.74) is 0.550. The fourth-order valence-electron chi connectivity index (χ4n) is 1.99. The van der Waals surface area contributed by atoms with E-state index in [-0.39, 0.29) is 11.6 Å². The van der Waals surface area contributed by atoms with Crippen molar-refractivity contribution in [3.05, 3.63) is 59.3 Å². The van der Waals surface area contributed by atoms with Crippen LogP contribution in [0.25, 0.3) is 0 Å². The van der Waals surface area contributed by atoms with Crippen molar-refractivity contribution in [3.8, 4) is 0 Å². The van der Waals surface area contributed by atoms with Crippen LogP contribution in [0.4, 0.5) is 4.39 Å². The minimum atomic E-state index is -0.327. The second-order valence-corrected chi connectivity index (χ2v) is 4.93. The summed E-state index contributed by atoms with van der Waals surface area (Å²) in [5.74, 6) is 1.47. The molecule has 1 heterocycles. The van der Waals surface area contributed by atoms with Gasteiger partial charge in [-0.2, -0.15) is 0 Å². The van der Waals surface area contributed by atoms with Crippen LogP contribution in [0.3, 0.4) is 0 Å². The largest absolute Gasteiger partial charge is 0.465 e. The predicted octanol–water partition coefficient (Wildman–Crippen LogP) is 3.43. The van der Waals surface area contributed by atoms with Crippen LogP contribution in [0.2, 0.25) is 0 Å². The Kier molecular flexibility index (Phi) is 4.69. The second-order valence-electron chi connectivity index (χ2n) is 4.93. The van der Waals surface area contributed by atoms with Crippen molar-refractivity contribution < 1.29 is 13.6 Å². The average Bonchev–Trinajstić information content (AvgIpc) is 2.82. The molecule has 4 heteroatoms. The van der Waals surface area contributed by atoms with Crippen molar-refractivity contribution in [1.29, 1.82) is 0 Å². The summed E-state index contributed by atoms with van der Waals surface area (Å²) in [5, 5.41) is 0. The Balaban J connectivity index is 1.82. The van der Waals surface area contributed by atoms with Gasteiger partial charge in [0.25, 0.3) is 0 Å². The lowest BCUT2D eigenvalue weighted by Crippen LogP contribution is -2.21. The van der Waals surface area contributed by atoms with Crippen LogP contribution in [-0.2, 0) is 6.54 Å². The number of benzene rings is 1. The summed E-state index contributed by atoms with van der Waals surface area (Å²) in [7, 11) is 1.94. The van der Waals surface area contributed by atoms with Gasteiger partial charge in [0.2, 0.25) is 0 Å². The number of carbonyl (C=O) groups is 1. The molecular formula is C16H18FNO2. The monoisotopic (exact) mass is 275 g/mol. The zero-order chi connectivity index (χ0) is 14.5. The van der Waals surface area contributed by atoms with E-state index in [9.17, 15) is 9.18 Å². The van der Waals surface area contributed by atoms with Gasteiger partial charge in [-0.1, -0.05) is 0 Å². The van der Waals surface area contributed by atoms with Gasteiger partial charge in [0.15, 0.2) is 5.78 Å². The van der Waals surface area contributed by atoms with Gasteiger partial charge in [-0.05, 0) is 50.4 Å². The molecule has 0 amide bonds. The van der Waals surface area contributed by atoms with Crippen LogP contribution in [-0.4, -0.2) is 24.3 Å². The Labute approximate surface area is 118 Å². The number of nitrogens with zero attached hydrogens (tertiary/aromatic N) is 1. The summed E-state index contributed by atoms with van der Waals surface area (Å²) in [4.78, 5) is 14.0. The number of rotatable bonds is 6. The van der Waals surface area contributed by atoms with Crippen molar-refractivity contribution in [2.45, 2.75) is 19.9 Å². The van der Waals surface area contributed by atoms with E-state index in [0.717, 1.165) is 11.5 Å². The number of aryl methyl sites for hydroxylation is 1. The van der Waals surface area contributed by atoms with Gasteiger partial charge in [-0.15, -0.1) is 0 Å². The van der Waals surface area contributed by atoms with Crippen molar-refractivity contribution in [2.24, 2.45) is 0 Å². The van der Waals surface area contributed by atoms with Crippen LogP contribution < -0.4 is 0 Å². The Bertz CT molecular complexity index is 574. The van der Waals surface area contributed by atoms with Gasteiger partial charge in [-0.3, -0.25) is 9.69 Å². The van der Waals surface area contributed by atoms with Gasteiger partial charge in [-0.25, -0.2) is 4.39 Å². The van der Waals surface area contributed by atoms with E-state index in [4.69, 9.17) is 4.42 Å². The first-order valence-corrected chi connectivity index (χ1v) is 6.57. The minimum absolute atomic E-state index is 0.0208. The second kappa shape index (κ2) is 6.48. The number of hydrogen-bond donors (Lipinski definition) is 0. The summed E-state index contributed by atoms with van der Waals surface area (Å²) >= 11 is 0. The van der Waals surface area contributed by atoms with E-state index in [1.54, 1.807) is 0 Å². The molecule has 0 spiro atoms. The third kappa shape index (κ3) is 4.03. The average molecular weight is 275 g/mol. The number of hydrogen-bond acceptors (Lipinski definition) is 3. The van der Waals surface area contributed by atoms with Crippen LogP contribution in [0.15, 0.2) is 40.8 Å². The van der Waals surface area contributed by atoms with E-state index in [1.165, 1.54) is 24.3 Å². The van der Waals surface area contributed by atoms with Crippen LogP contribution in [0.1, 0.15) is 28.3 Å². The molecule has 2 aromatic rings. The quantitative estimate of drug-likeness (QED) is 0.757. The van der Waals surface area contributed by atoms with E-state index < -0.39 is 0 Å². The molecular weight excluding hydrogens is 257 g/mol. The lowest BCUT2D eigenvalue weighted by molar-refractivity contribution is 0.0966. The first-order chi connectivity index (χ1) is 9.54. The van der Waals surface area contributed by atoms with Crippen molar-refractivity contribution in [3.63, 3.8) is 0 Å². The topological polar surface area (TPSA) is 33.5 Å². The Morgan fingerprint density at radius 1 is 1.20 bits per heavy atom. The molecule has 0 aliphatic heterocycles. The van der Waals surface area contributed by atoms with E-state index in [1.807, 2.05) is 31.0 Å². The maximum absolute atomic E-state index is 12.8. The molecule has 2 rings (SSSR count). The molecule has 0 aliphatic rings. The zero-order valence-corrected chi connectivity index (χ0v) is 11.7. The summed E-state index contributed by atoms with van der Waals surface area (Å²) in [6.07, 6.45) is 0.405. The van der Waals surface area contributed by atoms with Crippen LogP contribution in [0, 0.1) is 12.7 Å². The molecule has 0 radical (unpaired) electrons. The number of carbonyl (C=O) groups excluding carboxylic acids is 1. The maximum Gasteiger partial charge on any atom is 0.164 e. The highest BCUT2D eigenvalue weighted by molar-refractivity contribution is 5.96. The van der Waals surface area contributed by atoms with Gasteiger partial charge < -0.3 is 4.42 Å². The molecule has 1 aromatic heterocycles. The Morgan fingerprint density at radius 2 is 1.90 bits per heavy atom. The van der Waals surface area contributed by atoms with Crippen LogP contribution >= 0.6 is 0 Å². The van der Waals surface area contributed by atoms with Gasteiger partial charge in [0, 0.05) is 18.5 Å². The minimum Gasteiger partial charge on any atom is -0.465 e. The third-order valence-electron chi connectivity index (χ3n) is 3.11. The fraction of sp³-hybridized carbons (Fsp3) is 0.312. The van der Waals surface area contributed by atoms with Crippen molar-refractivity contribution in [1.82, 2.24) is 4.90 Å². The molecule has 0 bridgehead atoms. The van der Waals surface area contributed by atoms with Gasteiger partial charge in [0.05, 0.1) is 6.54 Å². The van der Waals surface area contributed by atoms with Gasteiger partial charge in [0.1, 0.15) is 17.3 Å². The van der Waals surface area contributed by atoms with Gasteiger partial charge >= 0.3 is 0 Å². The van der Waals surface area contributed by atoms with Crippen molar-refractivity contribution >= 4 is 5.78 Å². The van der Waals surface area contributed by atoms with E-state index >= 15 is 0 Å². The maximum atomic E-state index is 12.8. The molecule has 0 fully saturated rings. The molecule has 0 saturated carbocycles. The van der Waals surface area contributed by atoms with E-state index in [0.29, 0.717) is 25.1 Å². The zero-order valence-electron chi connectivity index (χ0n) is 11.7. The molecule has 106 valence electrons. The normalized spacial score (nSPS) is 11.0. The molecule has 0 N–H and O–H groups in total.